The van der Waals surface area contributed by atoms with E-state index in [2.05, 4.69) is 16.3 Å². The van der Waals surface area contributed by atoms with Gasteiger partial charge in [-0.25, -0.2) is 9.37 Å². The van der Waals surface area contributed by atoms with E-state index in [-0.39, 0.29) is 24.0 Å². The average molecular weight is 586 g/mol. The van der Waals surface area contributed by atoms with Crippen molar-refractivity contribution in [3.63, 3.8) is 0 Å². The van der Waals surface area contributed by atoms with Crippen molar-refractivity contribution in [2.45, 2.75) is 104 Å². The fourth-order valence-electron chi connectivity index (χ4n) is 5.56. The van der Waals surface area contributed by atoms with Crippen LogP contribution in [0.25, 0.3) is 5.52 Å². The summed E-state index contributed by atoms with van der Waals surface area (Å²) >= 11 is 0. The lowest BCUT2D eigenvalue weighted by molar-refractivity contribution is -0.116. The Kier molecular flexibility index (Phi) is 13.1. The molecule has 0 bridgehead atoms. The van der Waals surface area contributed by atoms with E-state index < -0.39 is 0 Å². The predicted molar refractivity (Wildman–Crippen MR) is 174 cm³/mol. The number of imidazole rings is 1. The number of aromatic nitrogens is 2. The van der Waals surface area contributed by atoms with E-state index in [4.69, 9.17) is 4.74 Å². The molecule has 4 rings (SSSR count). The molecule has 0 saturated carbocycles. The van der Waals surface area contributed by atoms with Gasteiger partial charge in [-0.3, -0.25) is 4.79 Å². The molecule has 230 valence electrons. The van der Waals surface area contributed by atoms with E-state index in [1.54, 1.807) is 11.0 Å². The van der Waals surface area contributed by atoms with E-state index in [0.29, 0.717) is 13.0 Å². The highest BCUT2D eigenvalue weighted by molar-refractivity contribution is 5.91. The van der Waals surface area contributed by atoms with Crippen molar-refractivity contribution in [3.8, 4) is 5.75 Å². The number of carbonyl (C=O) groups excluding carboxylic acids is 1. The Labute approximate surface area is 257 Å². The van der Waals surface area contributed by atoms with Crippen LogP contribution in [-0.2, 0) is 17.8 Å². The van der Waals surface area contributed by atoms with Crippen molar-refractivity contribution in [2.24, 2.45) is 0 Å². The summed E-state index contributed by atoms with van der Waals surface area (Å²) in [6.45, 7) is 4.60. The number of carbonyl (C=O) groups is 1. The van der Waals surface area contributed by atoms with Gasteiger partial charge in [0, 0.05) is 25.2 Å². The highest BCUT2D eigenvalue weighted by Crippen LogP contribution is 2.24. The Hall–Kier alpha value is -3.67. The molecule has 0 atom stereocenters. The third-order valence-electron chi connectivity index (χ3n) is 8.10. The minimum Gasteiger partial charge on any atom is -0.491 e. The number of amides is 1. The van der Waals surface area contributed by atoms with Gasteiger partial charge in [-0.1, -0.05) is 102 Å². The fourth-order valence-corrected chi connectivity index (χ4v) is 5.56. The van der Waals surface area contributed by atoms with Crippen LogP contribution in [0.15, 0.2) is 73.1 Å². The van der Waals surface area contributed by atoms with Crippen LogP contribution in [0.4, 0.5) is 10.1 Å². The standard InChI is InChI=1S/C37H48FN3O2/c1-3-4-5-6-7-8-9-10-11-12-13-16-25-43-36-23-20-32(26-35(36)38)29-41(30(2)42)33-21-18-31(19-22-33)27-37-39-28-34-17-14-15-24-40(34)37/h14-15,17-24,26,28H,3-13,16,25,27,29H2,1-2H3. The Balaban J connectivity index is 1.19. The maximum absolute atomic E-state index is 14.9. The highest BCUT2D eigenvalue weighted by atomic mass is 19.1. The Morgan fingerprint density at radius 2 is 1.49 bits per heavy atom. The van der Waals surface area contributed by atoms with E-state index in [9.17, 15) is 9.18 Å². The van der Waals surface area contributed by atoms with E-state index >= 15 is 0 Å². The molecule has 4 aromatic rings. The number of hydrogen-bond acceptors (Lipinski definition) is 3. The molecule has 2 heterocycles. The molecular formula is C37H48FN3O2. The van der Waals surface area contributed by atoms with Crippen LogP contribution in [0.5, 0.6) is 5.75 Å². The fraction of sp³-hybridized carbons (Fsp3) is 0.459. The number of hydrogen-bond donors (Lipinski definition) is 0. The Morgan fingerprint density at radius 1 is 0.837 bits per heavy atom. The lowest BCUT2D eigenvalue weighted by Gasteiger charge is -2.22. The first-order valence-corrected chi connectivity index (χ1v) is 16.2. The van der Waals surface area contributed by atoms with Crippen LogP contribution in [-0.4, -0.2) is 21.9 Å². The van der Waals surface area contributed by atoms with Crippen molar-refractivity contribution >= 4 is 17.1 Å². The van der Waals surface area contributed by atoms with Gasteiger partial charge in [-0.2, -0.15) is 0 Å². The smallest absolute Gasteiger partial charge is 0.224 e. The van der Waals surface area contributed by atoms with Gasteiger partial charge < -0.3 is 14.0 Å². The summed E-state index contributed by atoms with van der Waals surface area (Å²) in [6, 6.07) is 18.9. The van der Waals surface area contributed by atoms with Gasteiger partial charge in [0.15, 0.2) is 11.6 Å². The number of fused-ring (bicyclic) bond motifs is 1. The summed E-state index contributed by atoms with van der Waals surface area (Å²) in [4.78, 5) is 18.7. The SMILES string of the molecule is CCCCCCCCCCCCCCOc1ccc(CN(C(C)=O)c2ccc(Cc3ncc4ccccn34)cc2)cc1F. The molecule has 1 amide bonds. The summed E-state index contributed by atoms with van der Waals surface area (Å²) in [5.74, 6) is 0.752. The van der Waals surface area contributed by atoms with Crippen LogP contribution in [0.2, 0.25) is 0 Å². The van der Waals surface area contributed by atoms with Crippen molar-refractivity contribution in [1.82, 2.24) is 9.38 Å². The van der Waals surface area contributed by atoms with Gasteiger partial charge in [0.2, 0.25) is 5.91 Å². The topological polar surface area (TPSA) is 46.8 Å². The molecule has 0 saturated heterocycles. The third-order valence-corrected chi connectivity index (χ3v) is 8.10. The zero-order chi connectivity index (χ0) is 30.3. The predicted octanol–water partition coefficient (Wildman–Crippen LogP) is 9.70. The second-order valence-corrected chi connectivity index (χ2v) is 11.6. The first-order chi connectivity index (χ1) is 21.0. The number of benzene rings is 2. The van der Waals surface area contributed by atoms with Gasteiger partial charge in [0.05, 0.1) is 24.9 Å². The molecule has 0 aliphatic rings. The number of rotatable bonds is 19. The maximum atomic E-state index is 14.9. The molecule has 0 N–H and O–H groups in total. The monoisotopic (exact) mass is 585 g/mol. The molecule has 0 radical (unpaired) electrons. The van der Waals surface area contributed by atoms with Crippen molar-refractivity contribution in [2.75, 3.05) is 11.5 Å². The van der Waals surface area contributed by atoms with Crippen LogP contribution >= 0.6 is 0 Å². The minimum absolute atomic E-state index is 0.0975. The van der Waals surface area contributed by atoms with Crippen LogP contribution < -0.4 is 9.64 Å². The van der Waals surface area contributed by atoms with Crippen LogP contribution in [0, 0.1) is 5.82 Å². The lowest BCUT2D eigenvalue weighted by Crippen LogP contribution is -2.27. The van der Waals surface area contributed by atoms with Gasteiger partial charge in [-0.05, 0) is 53.9 Å². The molecule has 0 fully saturated rings. The number of unbranched alkanes of at least 4 members (excludes halogenated alkanes) is 11. The lowest BCUT2D eigenvalue weighted by atomic mass is 10.1. The number of nitrogens with zero attached hydrogens (tertiary/aromatic N) is 3. The zero-order valence-electron chi connectivity index (χ0n) is 26.1. The second kappa shape index (κ2) is 17.4. The quantitative estimate of drug-likeness (QED) is 0.103. The summed E-state index contributed by atoms with van der Waals surface area (Å²) in [7, 11) is 0. The molecule has 6 heteroatoms. The summed E-state index contributed by atoms with van der Waals surface area (Å²) in [5.41, 5.74) is 3.66. The van der Waals surface area contributed by atoms with Crippen molar-refractivity contribution < 1.29 is 13.9 Å². The summed E-state index contributed by atoms with van der Waals surface area (Å²) < 4.78 is 22.7. The first kappa shape index (κ1) is 32.2. The summed E-state index contributed by atoms with van der Waals surface area (Å²) in [5, 5.41) is 0. The van der Waals surface area contributed by atoms with E-state index in [1.807, 2.05) is 60.9 Å². The molecular weight excluding hydrogens is 537 g/mol. The van der Waals surface area contributed by atoms with Crippen LogP contribution in [0.1, 0.15) is 108 Å². The normalized spacial score (nSPS) is 11.2. The number of ether oxygens (including phenoxy) is 1. The molecule has 2 aromatic carbocycles. The second-order valence-electron chi connectivity index (χ2n) is 11.6. The van der Waals surface area contributed by atoms with Gasteiger partial charge in [0.1, 0.15) is 5.82 Å². The van der Waals surface area contributed by atoms with E-state index in [0.717, 1.165) is 41.0 Å². The van der Waals surface area contributed by atoms with Gasteiger partial charge in [0.25, 0.3) is 0 Å². The molecule has 0 aliphatic carbocycles. The Bertz CT molecular complexity index is 1400. The first-order valence-electron chi connectivity index (χ1n) is 16.2. The average Bonchev–Trinajstić information content (AvgIpc) is 3.42. The third kappa shape index (κ3) is 10.2. The Morgan fingerprint density at radius 3 is 2.14 bits per heavy atom. The van der Waals surface area contributed by atoms with Crippen molar-refractivity contribution in [1.29, 1.82) is 0 Å². The molecule has 2 aromatic heterocycles. The number of pyridine rings is 1. The van der Waals surface area contributed by atoms with Crippen molar-refractivity contribution in [3.05, 3.63) is 95.8 Å². The molecule has 0 unspecified atom stereocenters. The molecule has 43 heavy (non-hydrogen) atoms. The minimum atomic E-state index is -0.387. The van der Waals surface area contributed by atoms with Crippen LogP contribution in [0.3, 0.4) is 0 Å². The largest absolute Gasteiger partial charge is 0.491 e. The molecule has 0 aliphatic heterocycles. The number of halogens is 1. The van der Waals surface area contributed by atoms with Gasteiger partial charge in [-0.15, -0.1) is 0 Å². The summed E-state index contributed by atoms with van der Waals surface area (Å²) in [6.07, 6.45) is 20.0. The highest BCUT2D eigenvalue weighted by Gasteiger charge is 2.15. The maximum Gasteiger partial charge on any atom is 0.224 e. The van der Waals surface area contributed by atoms with Gasteiger partial charge >= 0.3 is 0 Å². The number of anilines is 1. The zero-order valence-corrected chi connectivity index (χ0v) is 26.1. The molecule has 5 nitrogen and oxygen atoms in total. The molecule has 0 spiro atoms. The van der Waals surface area contributed by atoms with E-state index in [1.165, 1.54) is 77.2 Å².